The number of rotatable bonds is 1. The third-order valence-corrected chi connectivity index (χ3v) is 1.40. The lowest BCUT2D eigenvalue weighted by molar-refractivity contribution is -0.670. The van der Waals surface area contributed by atoms with Gasteiger partial charge in [-0.05, 0) is 0 Å². The van der Waals surface area contributed by atoms with Gasteiger partial charge in [0.1, 0.15) is 12.4 Å². The number of hydrogen-bond acceptors (Lipinski definition) is 2. The van der Waals surface area contributed by atoms with Crippen molar-refractivity contribution in [3.8, 4) is 5.40 Å². The van der Waals surface area contributed by atoms with Crippen LogP contribution in [0.25, 0.3) is 0 Å². The van der Waals surface area contributed by atoms with E-state index in [-0.39, 0.29) is 0 Å². The van der Waals surface area contributed by atoms with E-state index >= 15 is 0 Å². The maximum Gasteiger partial charge on any atom is 0.256 e. The summed E-state index contributed by atoms with van der Waals surface area (Å²) in [5.74, 6) is 0. The first kappa shape index (κ1) is 6.17. The van der Waals surface area contributed by atoms with Gasteiger partial charge >= 0.3 is 0 Å². The topological polar surface area (TPSA) is 32.6 Å². The highest BCUT2D eigenvalue weighted by Gasteiger charge is 1.97. The molecule has 1 aromatic rings. The highest BCUT2D eigenvalue weighted by molar-refractivity contribution is 8.02. The molecule has 1 aromatic heterocycles. The van der Waals surface area contributed by atoms with Crippen molar-refractivity contribution < 1.29 is 4.57 Å². The summed E-state index contributed by atoms with van der Waals surface area (Å²) in [7, 11) is 1.91. The Kier molecular flexibility index (Phi) is 1.75. The van der Waals surface area contributed by atoms with E-state index in [1.807, 2.05) is 35.7 Å². The molecule has 3 nitrogen and oxygen atoms in total. The SMILES string of the molecule is C[n+]1ccn(SC#N)c1. The van der Waals surface area contributed by atoms with Crippen LogP contribution in [0.3, 0.4) is 0 Å². The minimum absolute atomic E-state index is 1.10. The molecule has 0 atom stereocenters. The van der Waals surface area contributed by atoms with Crippen molar-refractivity contribution in [1.29, 1.82) is 5.26 Å². The molecule has 1 heterocycles. The van der Waals surface area contributed by atoms with E-state index < -0.39 is 0 Å². The third-order valence-electron chi connectivity index (χ3n) is 0.891. The number of nitriles is 1. The number of aromatic nitrogens is 2. The summed E-state index contributed by atoms with van der Waals surface area (Å²) in [6.07, 6.45) is 5.53. The Morgan fingerprint density at radius 3 is 3.00 bits per heavy atom. The lowest BCUT2D eigenvalue weighted by Gasteiger charge is -1.76. The van der Waals surface area contributed by atoms with Crippen LogP contribution in [0.2, 0.25) is 0 Å². The summed E-state index contributed by atoms with van der Waals surface area (Å²) in [6.45, 7) is 0. The van der Waals surface area contributed by atoms with Crippen LogP contribution in [-0.2, 0) is 7.05 Å². The Balaban J connectivity index is 2.76. The molecule has 1 rings (SSSR count). The second-order valence-corrected chi connectivity index (χ2v) is 2.41. The predicted molar refractivity (Wildman–Crippen MR) is 34.2 cm³/mol. The number of imidazole rings is 1. The molecule has 46 valence electrons. The third kappa shape index (κ3) is 1.47. The van der Waals surface area contributed by atoms with Crippen LogP contribution in [0.15, 0.2) is 18.7 Å². The van der Waals surface area contributed by atoms with Crippen molar-refractivity contribution in [2.45, 2.75) is 0 Å². The summed E-state index contributed by atoms with van der Waals surface area (Å²) in [5, 5.41) is 10.2. The second kappa shape index (κ2) is 2.55. The molecule has 0 amide bonds. The van der Waals surface area contributed by atoms with E-state index in [9.17, 15) is 0 Å². The number of thiocyanates is 1. The van der Waals surface area contributed by atoms with Crippen LogP contribution in [0, 0.1) is 10.7 Å². The molecule has 0 spiro atoms. The Morgan fingerprint density at radius 1 is 1.78 bits per heavy atom. The molecule has 0 unspecified atom stereocenters. The van der Waals surface area contributed by atoms with Crippen molar-refractivity contribution >= 4 is 11.9 Å². The van der Waals surface area contributed by atoms with E-state index in [2.05, 4.69) is 0 Å². The van der Waals surface area contributed by atoms with E-state index in [0.29, 0.717) is 0 Å². The van der Waals surface area contributed by atoms with Gasteiger partial charge in [-0.15, -0.1) is 0 Å². The zero-order valence-corrected chi connectivity index (χ0v) is 5.80. The van der Waals surface area contributed by atoms with Crippen molar-refractivity contribution in [3.63, 3.8) is 0 Å². The van der Waals surface area contributed by atoms with Gasteiger partial charge in [-0.3, -0.25) is 0 Å². The van der Waals surface area contributed by atoms with Crippen LogP contribution in [0.5, 0.6) is 0 Å². The largest absolute Gasteiger partial charge is 0.256 e. The van der Waals surface area contributed by atoms with Gasteiger partial charge in [0.25, 0.3) is 6.33 Å². The predicted octanol–water partition coefficient (Wildman–Crippen LogP) is 0.290. The van der Waals surface area contributed by atoms with Crippen LogP contribution < -0.4 is 4.57 Å². The maximum atomic E-state index is 8.21. The smallest absolute Gasteiger partial charge is 0.239 e. The number of aryl methyl sites for hydroxylation is 1. The summed E-state index contributed by atoms with van der Waals surface area (Å²) in [4.78, 5) is 0. The van der Waals surface area contributed by atoms with Crippen molar-refractivity contribution in [2.75, 3.05) is 0 Å². The van der Waals surface area contributed by atoms with Crippen molar-refractivity contribution in [2.24, 2.45) is 7.05 Å². The minimum Gasteiger partial charge on any atom is -0.239 e. The molecule has 0 aliphatic carbocycles. The summed E-state index contributed by atoms with van der Waals surface area (Å²) in [6, 6.07) is 0. The van der Waals surface area contributed by atoms with Gasteiger partial charge in [0.15, 0.2) is 17.3 Å². The minimum atomic E-state index is 1.10. The van der Waals surface area contributed by atoms with Gasteiger partial charge in [0, 0.05) is 0 Å². The Bertz CT molecular complexity index is 235. The van der Waals surface area contributed by atoms with Crippen LogP contribution in [0.1, 0.15) is 0 Å². The van der Waals surface area contributed by atoms with E-state index in [1.54, 1.807) is 3.97 Å². The summed E-state index contributed by atoms with van der Waals surface area (Å²) < 4.78 is 3.62. The zero-order valence-electron chi connectivity index (χ0n) is 4.98. The molecule has 0 saturated heterocycles. The van der Waals surface area contributed by atoms with Crippen molar-refractivity contribution in [1.82, 2.24) is 3.97 Å². The van der Waals surface area contributed by atoms with Gasteiger partial charge in [-0.25, -0.2) is 4.57 Å². The van der Waals surface area contributed by atoms with E-state index in [4.69, 9.17) is 5.26 Å². The van der Waals surface area contributed by atoms with Crippen LogP contribution in [-0.4, -0.2) is 3.97 Å². The maximum absolute atomic E-state index is 8.21. The first-order valence-corrected chi connectivity index (χ1v) is 3.20. The molecule has 9 heavy (non-hydrogen) atoms. The molecule has 0 aromatic carbocycles. The zero-order chi connectivity index (χ0) is 6.69. The lowest BCUT2D eigenvalue weighted by atomic mass is 10.9. The van der Waals surface area contributed by atoms with Crippen LogP contribution in [0.4, 0.5) is 0 Å². The highest BCUT2D eigenvalue weighted by Crippen LogP contribution is 1.98. The molecular weight excluding hydrogens is 134 g/mol. The molecule has 0 radical (unpaired) electrons. The van der Waals surface area contributed by atoms with Gasteiger partial charge in [-0.1, -0.05) is 0 Å². The van der Waals surface area contributed by atoms with Gasteiger partial charge < -0.3 is 0 Å². The van der Waals surface area contributed by atoms with Gasteiger partial charge in [0.05, 0.1) is 7.05 Å². The fraction of sp³-hybridized carbons (Fsp3) is 0.200. The number of nitrogens with zero attached hydrogens (tertiary/aromatic N) is 3. The average molecular weight is 140 g/mol. The first-order chi connectivity index (χ1) is 4.33. The average Bonchev–Trinajstić information content (AvgIpc) is 2.17. The molecule has 0 saturated carbocycles. The van der Waals surface area contributed by atoms with E-state index in [1.165, 1.54) is 0 Å². The normalized spacial score (nSPS) is 8.89. The summed E-state index contributed by atoms with van der Waals surface area (Å²) >= 11 is 1.10. The van der Waals surface area contributed by atoms with Crippen LogP contribution >= 0.6 is 11.9 Å². The van der Waals surface area contributed by atoms with Gasteiger partial charge in [0.2, 0.25) is 0 Å². The van der Waals surface area contributed by atoms with Gasteiger partial charge in [-0.2, -0.15) is 9.23 Å². The molecule has 0 fully saturated rings. The standard InChI is InChI=1S/C5H6N3S/c1-7-2-3-8(5-7)9-4-6/h2-3,5H,1H3/q+1. The number of hydrogen-bond donors (Lipinski definition) is 0. The second-order valence-electron chi connectivity index (χ2n) is 1.62. The fourth-order valence-electron chi connectivity index (χ4n) is 0.528. The fourth-order valence-corrected chi connectivity index (χ4v) is 0.934. The summed E-state index contributed by atoms with van der Waals surface area (Å²) in [5.41, 5.74) is 0. The molecule has 0 N–H and O–H groups in total. The lowest BCUT2D eigenvalue weighted by Crippen LogP contribution is -2.23. The highest BCUT2D eigenvalue weighted by atomic mass is 32.2. The molecule has 0 aliphatic heterocycles. The Morgan fingerprint density at radius 2 is 2.56 bits per heavy atom. The van der Waals surface area contributed by atoms with E-state index in [0.717, 1.165) is 11.9 Å². The molecular formula is C5H6N3S+. The molecule has 0 bridgehead atoms. The first-order valence-electron chi connectivity index (χ1n) is 2.42. The molecule has 4 heteroatoms. The quantitative estimate of drug-likeness (QED) is 0.415. The Hall–Kier alpha value is -0.950. The van der Waals surface area contributed by atoms with Crippen molar-refractivity contribution in [3.05, 3.63) is 18.7 Å². The Labute approximate surface area is 57.7 Å². The monoisotopic (exact) mass is 140 g/mol. The molecule has 0 aliphatic rings.